The second-order valence-corrected chi connectivity index (χ2v) is 7.35. The first-order valence-corrected chi connectivity index (χ1v) is 10.2. The molecule has 32 heavy (non-hydrogen) atoms. The molecule has 0 aliphatic carbocycles. The van der Waals surface area contributed by atoms with Crippen molar-refractivity contribution in [2.45, 2.75) is 6.61 Å². The number of fused-ring (bicyclic) bond motifs is 2. The molecule has 0 spiro atoms. The third-order valence-corrected chi connectivity index (χ3v) is 5.18. The molecule has 2 N–H and O–H groups in total. The van der Waals surface area contributed by atoms with Gasteiger partial charge >= 0.3 is 0 Å². The van der Waals surface area contributed by atoms with E-state index in [0.29, 0.717) is 18.1 Å². The molecule has 0 saturated heterocycles. The first-order valence-electron chi connectivity index (χ1n) is 10.2. The van der Waals surface area contributed by atoms with E-state index in [1.165, 1.54) is 0 Å². The van der Waals surface area contributed by atoms with E-state index in [1.807, 2.05) is 79.0 Å². The lowest BCUT2D eigenvalue weighted by molar-refractivity contribution is 0.0955. The van der Waals surface area contributed by atoms with Crippen molar-refractivity contribution in [3.63, 3.8) is 0 Å². The van der Waals surface area contributed by atoms with E-state index in [0.717, 1.165) is 32.8 Å². The highest BCUT2D eigenvalue weighted by Crippen LogP contribution is 2.21. The molecular weight excluding hydrogens is 400 g/mol. The molecule has 5 aromatic rings. The number of hydrogen-bond donors (Lipinski definition) is 2. The normalized spacial score (nSPS) is 11.2. The zero-order chi connectivity index (χ0) is 21.8. The zero-order valence-corrected chi connectivity index (χ0v) is 17.2. The number of ether oxygens (including phenoxy) is 1. The minimum atomic E-state index is -0.264. The second kappa shape index (κ2) is 8.73. The van der Waals surface area contributed by atoms with E-state index >= 15 is 0 Å². The van der Waals surface area contributed by atoms with Gasteiger partial charge in [-0.3, -0.25) is 4.79 Å². The van der Waals surface area contributed by atoms with Crippen LogP contribution in [0.4, 0.5) is 0 Å². The molecule has 6 heteroatoms. The average Bonchev–Trinajstić information content (AvgIpc) is 3.25. The van der Waals surface area contributed by atoms with Crippen LogP contribution in [0, 0.1) is 0 Å². The standard InChI is InChI=1S/C26H20N4O2/c31-26(21-11-10-19-8-4-5-9-20(19)12-21)30-29-15-22-14-27-24-16-28-25(13-23(22)24)32-17-18-6-2-1-3-7-18/h1-16,27H,17H2,(H,30,31)/b29-15+. The highest BCUT2D eigenvalue weighted by Gasteiger charge is 2.07. The van der Waals surface area contributed by atoms with Crippen molar-refractivity contribution in [1.29, 1.82) is 0 Å². The monoisotopic (exact) mass is 420 g/mol. The number of carbonyl (C=O) groups excluding carboxylic acids is 1. The van der Waals surface area contributed by atoms with Crippen LogP contribution >= 0.6 is 0 Å². The third kappa shape index (κ3) is 4.20. The molecule has 0 atom stereocenters. The number of pyridine rings is 1. The molecule has 0 unspecified atom stereocenters. The summed E-state index contributed by atoms with van der Waals surface area (Å²) >= 11 is 0. The summed E-state index contributed by atoms with van der Waals surface area (Å²) in [5, 5.41) is 7.15. The average molecular weight is 420 g/mol. The maximum absolute atomic E-state index is 12.5. The summed E-state index contributed by atoms with van der Waals surface area (Å²) in [5.74, 6) is 0.260. The van der Waals surface area contributed by atoms with Gasteiger partial charge in [0.1, 0.15) is 6.61 Å². The van der Waals surface area contributed by atoms with Crippen LogP contribution in [0.1, 0.15) is 21.5 Å². The SMILES string of the molecule is O=C(N/N=C/c1c[nH]c2cnc(OCc3ccccc3)cc12)c1ccc2ccccc2c1. The summed E-state index contributed by atoms with van der Waals surface area (Å²) in [4.78, 5) is 20.0. The van der Waals surface area contributed by atoms with Gasteiger partial charge in [0.05, 0.1) is 17.9 Å². The smallest absolute Gasteiger partial charge is 0.271 e. The molecule has 1 amide bonds. The Labute approximate surface area is 184 Å². The van der Waals surface area contributed by atoms with Crippen LogP contribution in [0.25, 0.3) is 21.7 Å². The second-order valence-electron chi connectivity index (χ2n) is 7.35. The van der Waals surface area contributed by atoms with Crippen molar-refractivity contribution in [3.05, 3.63) is 108 Å². The quantitative estimate of drug-likeness (QED) is 0.298. The molecule has 2 heterocycles. The molecule has 5 rings (SSSR count). The van der Waals surface area contributed by atoms with Crippen molar-refractivity contribution < 1.29 is 9.53 Å². The molecule has 156 valence electrons. The fourth-order valence-electron chi connectivity index (χ4n) is 3.50. The molecule has 0 bridgehead atoms. The molecule has 0 aliphatic heterocycles. The lowest BCUT2D eigenvalue weighted by Crippen LogP contribution is -2.17. The van der Waals surface area contributed by atoms with E-state index in [2.05, 4.69) is 20.5 Å². The number of amides is 1. The number of nitrogens with zero attached hydrogens (tertiary/aromatic N) is 2. The Bertz CT molecular complexity index is 1420. The first-order chi connectivity index (χ1) is 15.8. The van der Waals surface area contributed by atoms with E-state index < -0.39 is 0 Å². The number of hydrogen-bond acceptors (Lipinski definition) is 4. The fourth-order valence-corrected chi connectivity index (χ4v) is 3.50. The lowest BCUT2D eigenvalue weighted by Gasteiger charge is -2.05. The van der Waals surface area contributed by atoms with Crippen LogP contribution in [0.2, 0.25) is 0 Å². The van der Waals surface area contributed by atoms with Gasteiger partial charge in [-0.25, -0.2) is 10.4 Å². The summed E-state index contributed by atoms with van der Waals surface area (Å²) in [5.41, 5.74) is 5.91. The summed E-state index contributed by atoms with van der Waals surface area (Å²) in [7, 11) is 0. The van der Waals surface area contributed by atoms with Crippen LogP contribution in [0.3, 0.4) is 0 Å². The molecule has 0 aliphatic rings. The largest absolute Gasteiger partial charge is 0.473 e. The number of H-pyrrole nitrogens is 1. The Morgan fingerprint density at radius 1 is 1.00 bits per heavy atom. The number of benzene rings is 3. The van der Waals surface area contributed by atoms with Crippen molar-refractivity contribution in [2.24, 2.45) is 5.10 Å². The molecular formula is C26H20N4O2. The van der Waals surface area contributed by atoms with E-state index in [4.69, 9.17) is 4.74 Å². The van der Waals surface area contributed by atoms with Crippen molar-refractivity contribution in [1.82, 2.24) is 15.4 Å². The molecule has 0 saturated carbocycles. The molecule has 0 radical (unpaired) electrons. The van der Waals surface area contributed by atoms with Crippen LogP contribution in [0.5, 0.6) is 5.88 Å². The molecule has 2 aromatic heterocycles. The molecule has 3 aromatic carbocycles. The summed E-state index contributed by atoms with van der Waals surface area (Å²) in [6.45, 7) is 0.439. The van der Waals surface area contributed by atoms with Crippen LogP contribution < -0.4 is 10.2 Å². The van der Waals surface area contributed by atoms with Gasteiger partial charge in [-0.2, -0.15) is 5.10 Å². The van der Waals surface area contributed by atoms with Gasteiger partial charge in [0.2, 0.25) is 5.88 Å². The highest BCUT2D eigenvalue weighted by molar-refractivity contribution is 6.01. The van der Waals surface area contributed by atoms with Gasteiger partial charge in [0, 0.05) is 28.8 Å². The minimum absolute atomic E-state index is 0.264. The van der Waals surface area contributed by atoms with Crippen LogP contribution in [0.15, 0.2) is 96.4 Å². The van der Waals surface area contributed by atoms with Gasteiger partial charge < -0.3 is 9.72 Å². The maximum atomic E-state index is 12.5. The van der Waals surface area contributed by atoms with Gasteiger partial charge in [-0.1, -0.05) is 60.7 Å². The topological polar surface area (TPSA) is 79.4 Å². The molecule has 0 fully saturated rings. The summed E-state index contributed by atoms with van der Waals surface area (Å²) in [6, 6.07) is 25.3. The Balaban J connectivity index is 1.29. The van der Waals surface area contributed by atoms with Gasteiger partial charge in [-0.05, 0) is 28.5 Å². The van der Waals surface area contributed by atoms with Crippen molar-refractivity contribution >= 4 is 33.8 Å². The Morgan fingerprint density at radius 2 is 1.81 bits per heavy atom. The van der Waals surface area contributed by atoms with Crippen molar-refractivity contribution in [3.8, 4) is 5.88 Å². The van der Waals surface area contributed by atoms with E-state index in [9.17, 15) is 4.79 Å². The number of carbonyl (C=O) groups is 1. The predicted octanol–water partition coefficient (Wildman–Crippen LogP) is 5.06. The van der Waals surface area contributed by atoms with Gasteiger partial charge in [0.25, 0.3) is 5.91 Å². The maximum Gasteiger partial charge on any atom is 0.271 e. The zero-order valence-electron chi connectivity index (χ0n) is 17.2. The van der Waals surface area contributed by atoms with Gasteiger partial charge in [0.15, 0.2) is 0 Å². The summed E-state index contributed by atoms with van der Waals surface area (Å²) in [6.07, 6.45) is 5.15. The lowest BCUT2D eigenvalue weighted by atomic mass is 10.1. The number of hydrazone groups is 1. The van der Waals surface area contributed by atoms with E-state index in [1.54, 1.807) is 18.5 Å². The highest BCUT2D eigenvalue weighted by atomic mass is 16.5. The third-order valence-electron chi connectivity index (χ3n) is 5.18. The number of nitrogens with one attached hydrogen (secondary N) is 2. The van der Waals surface area contributed by atoms with Crippen LogP contribution in [-0.4, -0.2) is 22.1 Å². The Hall–Kier alpha value is -4.45. The number of aromatic amines is 1. The first kappa shape index (κ1) is 19.5. The number of aromatic nitrogens is 2. The molecule has 6 nitrogen and oxygen atoms in total. The minimum Gasteiger partial charge on any atom is -0.473 e. The fraction of sp³-hybridized carbons (Fsp3) is 0.0385. The van der Waals surface area contributed by atoms with Crippen molar-refractivity contribution in [2.75, 3.05) is 0 Å². The Kier molecular flexibility index (Phi) is 5.32. The van der Waals surface area contributed by atoms with Crippen LogP contribution in [-0.2, 0) is 6.61 Å². The predicted molar refractivity (Wildman–Crippen MR) is 126 cm³/mol. The number of rotatable bonds is 6. The van der Waals surface area contributed by atoms with E-state index in [-0.39, 0.29) is 5.91 Å². The van der Waals surface area contributed by atoms with Gasteiger partial charge in [-0.15, -0.1) is 0 Å². The Morgan fingerprint density at radius 3 is 2.69 bits per heavy atom. The summed E-state index contributed by atoms with van der Waals surface area (Å²) < 4.78 is 5.82.